The molecule has 0 bridgehead atoms. The molecule has 1 aromatic heterocycles. The van der Waals surface area contributed by atoms with E-state index in [1.165, 1.54) is 12.4 Å². The van der Waals surface area contributed by atoms with Crippen molar-refractivity contribution in [1.82, 2.24) is 9.97 Å². The molecule has 0 aliphatic carbocycles. The Kier molecular flexibility index (Phi) is 5.13. The highest BCUT2D eigenvalue weighted by atomic mass is 79.9. The molecular weight excluding hydrogens is 384 g/mol. The standard InChI is InChI=1S/C18H19BrN4O2/c1-11(2)7-15(18(25)22-16-10-20-5-6-21-16)23-14-4-3-13(19)8-12(14)9-17(23)24/h3-6,8,10-11,15H,7,9H2,1-2H3,(H,21,22,25). The van der Waals surface area contributed by atoms with Gasteiger partial charge in [-0.15, -0.1) is 0 Å². The highest BCUT2D eigenvalue weighted by molar-refractivity contribution is 9.10. The molecule has 3 rings (SSSR count). The van der Waals surface area contributed by atoms with E-state index in [-0.39, 0.29) is 17.7 Å². The number of hydrogen-bond donors (Lipinski definition) is 1. The summed E-state index contributed by atoms with van der Waals surface area (Å²) in [5.74, 6) is 0.320. The summed E-state index contributed by atoms with van der Waals surface area (Å²) in [7, 11) is 0. The van der Waals surface area contributed by atoms with Gasteiger partial charge >= 0.3 is 0 Å². The average Bonchev–Trinajstić information content (AvgIpc) is 2.88. The Hall–Kier alpha value is -2.28. The van der Waals surface area contributed by atoms with Crippen LogP contribution in [0.4, 0.5) is 11.5 Å². The molecule has 1 aliphatic rings. The van der Waals surface area contributed by atoms with Gasteiger partial charge < -0.3 is 5.32 Å². The molecule has 1 aliphatic heterocycles. The van der Waals surface area contributed by atoms with E-state index in [1.807, 2.05) is 32.0 Å². The summed E-state index contributed by atoms with van der Waals surface area (Å²) in [5.41, 5.74) is 1.73. The molecule has 2 amide bonds. The van der Waals surface area contributed by atoms with Crippen LogP contribution in [0.25, 0.3) is 0 Å². The lowest BCUT2D eigenvalue weighted by Crippen LogP contribution is -2.46. The Bertz CT molecular complexity index is 795. The maximum Gasteiger partial charge on any atom is 0.248 e. The molecule has 1 unspecified atom stereocenters. The largest absolute Gasteiger partial charge is 0.308 e. The smallest absolute Gasteiger partial charge is 0.248 e. The van der Waals surface area contributed by atoms with Gasteiger partial charge in [0, 0.05) is 22.6 Å². The Morgan fingerprint density at radius 1 is 1.36 bits per heavy atom. The number of carbonyl (C=O) groups is 2. The summed E-state index contributed by atoms with van der Waals surface area (Å²) in [6, 6.07) is 5.11. The van der Waals surface area contributed by atoms with Crippen molar-refractivity contribution in [3.63, 3.8) is 0 Å². The molecule has 2 heterocycles. The van der Waals surface area contributed by atoms with Crippen LogP contribution in [0, 0.1) is 5.92 Å². The fraction of sp³-hybridized carbons (Fsp3) is 0.333. The number of carbonyl (C=O) groups excluding carboxylic acids is 2. The van der Waals surface area contributed by atoms with Gasteiger partial charge in [0.25, 0.3) is 0 Å². The first kappa shape index (κ1) is 17.5. The summed E-state index contributed by atoms with van der Waals surface area (Å²) in [6.07, 6.45) is 5.41. The van der Waals surface area contributed by atoms with Gasteiger partial charge in [-0.3, -0.25) is 19.5 Å². The van der Waals surface area contributed by atoms with E-state index < -0.39 is 6.04 Å². The highest BCUT2D eigenvalue weighted by Gasteiger charge is 2.37. The van der Waals surface area contributed by atoms with Gasteiger partial charge in [-0.1, -0.05) is 29.8 Å². The molecule has 7 heteroatoms. The summed E-state index contributed by atoms with van der Waals surface area (Å²) in [5, 5.41) is 2.77. The Labute approximate surface area is 154 Å². The van der Waals surface area contributed by atoms with Crippen LogP contribution >= 0.6 is 15.9 Å². The molecule has 2 aromatic rings. The zero-order chi connectivity index (χ0) is 18.0. The van der Waals surface area contributed by atoms with Crippen molar-refractivity contribution in [2.24, 2.45) is 5.92 Å². The molecule has 0 fully saturated rings. The van der Waals surface area contributed by atoms with E-state index in [2.05, 4.69) is 31.2 Å². The van der Waals surface area contributed by atoms with Crippen molar-refractivity contribution in [2.75, 3.05) is 10.2 Å². The van der Waals surface area contributed by atoms with Gasteiger partial charge in [0.1, 0.15) is 6.04 Å². The first-order valence-corrected chi connectivity index (χ1v) is 8.92. The van der Waals surface area contributed by atoms with E-state index in [0.717, 1.165) is 15.7 Å². The van der Waals surface area contributed by atoms with E-state index in [4.69, 9.17) is 0 Å². The number of fused-ring (bicyclic) bond motifs is 1. The van der Waals surface area contributed by atoms with Crippen LogP contribution in [0.5, 0.6) is 0 Å². The lowest BCUT2D eigenvalue weighted by molar-refractivity contribution is -0.123. The van der Waals surface area contributed by atoms with Gasteiger partial charge in [-0.05, 0) is 36.1 Å². The first-order valence-electron chi connectivity index (χ1n) is 8.13. The topological polar surface area (TPSA) is 75.2 Å². The quantitative estimate of drug-likeness (QED) is 0.832. The third-order valence-corrected chi connectivity index (χ3v) is 4.53. The first-order chi connectivity index (χ1) is 12.0. The number of nitrogens with one attached hydrogen (secondary N) is 1. The zero-order valence-electron chi connectivity index (χ0n) is 14.1. The number of amides is 2. The zero-order valence-corrected chi connectivity index (χ0v) is 15.7. The number of anilines is 2. The molecule has 1 N–H and O–H groups in total. The normalized spacial score (nSPS) is 14.6. The number of aromatic nitrogens is 2. The number of rotatable bonds is 5. The number of hydrogen-bond acceptors (Lipinski definition) is 4. The van der Waals surface area contributed by atoms with Crippen LogP contribution in [-0.2, 0) is 16.0 Å². The minimum atomic E-state index is -0.586. The van der Waals surface area contributed by atoms with Crippen molar-refractivity contribution < 1.29 is 9.59 Å². The van der Waals surface area contributed by atoms with Crippen LogP contribution in [0.2, 0.25) is 0 Å². The predicted octanol–water partition coefficient (Wildman–Crippen LogP) is 3.18. The van der Waals surface area contributed by atoms with Crippen molar-refractivity contribution in [1.29, 1.82) is 0 Å². The molecule has 0 saturated carbocycles. The Balaban J connectivity index is 1.91. The summed E-state index contributed by atoms with van der Waals surface area (Å²) in [4.78, 5) is 35.1. The van der Waals surface area contributed by atoms with E-state index in [0.29, 0.717) is 18.7 Å². The maximum absolute atomic E-state index is 12.9. The predicted molar refractivity (Wildman–Crippen MR) is 99.2 cm³/mol. The van der Waals surface area contributed by atoms with Crippen LogP contribution in [0.1, 0.15) is 25.8 Å². The van der Waals surface area contributed by atoms with Crippen LogP contribution < -0.4 is 10.2 Å². The van der Waals surface area contributed by atoms with Crippen molar-refractivity contribution in [2.45, 2.75) is 32.7 Å². The van der Waals surface area contributed by atoms with Gasteiger partial charge in [0.2, 0.25) is 11.8 Å². The monoisotopic (exact) mass is 402 g/mol. The maximum atomic E-state index is 12.9. The van der Waals surface area contributed by atoms with Crippen LogP contribution in [-0.4, -0.2) is 27.8 Å². The minimum Gasteiger partial charge on any atom is -0.308 e. The van der Waals surface area contributed by atoms with Crippen LogP contribution in [0.15, 0.2) is 41.3 Å². The molecule has 0 saturated heterocycles. The fourth-order valence-corrected chi connectivity index (χ4v) is 3.41. The van der Waals surface area contributed by atoms with Gasteiger partial charge in [0.05, 0.1) is 12.6 Å². The van der Waals surface area contributed by atoms with Gasteiger partial charge in [0.15, 0.2) is 5.82 Å². The van der Waals surface area contributed by atoms with Crippen LogP contribution in [0.3, 0.4) is 0 Å². The minimum absolute atomic E-state index is 0.0620. The second-order valence-corrected chi connectivity index (χ2v) is 7.35. The lowest BCUT2D eigenvalue weighted by atomic mass is 10.0. The van der Waals surface area contributed by atoms with Crippen molar-refractivity contribution in [3.05, 3.63) is 46.8 Å². The molecular formula is C18H19BrN4O2. The number of halogens is 1. The van der Waals surface area contributed by atoms with E-state index in [1.54, 1.807) is 11.1 Å². The molecule has 1 aromatic carbocycles. The van der Waals surface area contributed by atoms with Crippen molar-refractivity contribution in [3.8, 4) is 0 Å². The molecule has 1 atom stereocenters. The SMILES string of the molecule is CC(C)CC(C(=O)Nc1cnccn1)N1C(=O)Cc2cc(Br)ccc21. The third-order valence-electron chi connectivity index (χ3n) is 4.03. The van der Waals surface area contributed by atoms with Gasteiger partial charge in [-0.25, -0.2) is 4.98 Å². The fourth-order valence-electron chi connectivity index (χ4n) is 3.00. The summed E-state index contributed by atoms with van der Waals surface area (Å²) < 4.78 is 0.922. The molecule has 0 radical (unpaired) electrons. The number of nitrogens with zero attached hydrogens (tertiary/aromatic N) is 3. The second-order valence-electron chi connectivity index (χ2n) is 6.44. The molecule has 25 heavy (non-hydrogen) atoms. The summed E-state index contributed by atoms with van der Waals surface area (Å²) in [6.45, 7) is 4.07. The third kappa shape index (κ3) is 3.87. The van der Waals surface area contributed by atoms with E-state index >= 15 is 0 Å². The van der Waals surface area contributed by atoms with Gasteiger partial charge in [-0.2, -0.15) is 0 Å². The Morgan fingerprint density at radius 2 is 2.16 bits per heavy atom. The molecule has 130 valence electrons. The second kappa shape index (κ2) is 7.31. The molecule has 6 nitrogen and oxygen atoms in total. The van der Waals surface area contributed by atoms with E-state index in [9.17, 15) is 9.59 Å². The van der Waals surface area contributed by atoms with Crippen molar-refractivity contribution >= 4 is 39.2 Å². The summed E-state index contributed by atoms with van der Waals surface area (Å²) >= 11 is 3.43. The Morgan fingerprint density at radius 3 is 2.84 bits per heavy atom. The lowest BCUT2D eigenvalue weighted by Gasteiger charge is -2.29. The number of benzene rings is 1. The average molecular weight is 403 g/mol. The molecule has 0 spiro atoms. The highest BCUT2D eigenvalue weighted by Crippen LogP contribution is 2.34.